The van der Waals surface area contributed by atoms with Gasteiger partial charge in [-0.15, -0.1) is 0 Å². The van der Waals surface area contributed by atoms with E-state index in [0.717, 1.165) is 5.56 Å². The van der Waals surface area contributed by atoms with Gasteiger partial charge < -0.3 is 9.72 Å². The number of aromatic nitrogens is 2. The molecule has 2 aromatic heterocycles. The van der Waals surface area contributed by atoms with Crippen molar-refractivity contribution in [3.05, 3.63) is 58.5 Å². The minimum atomic E-state index is -0.507. The molecule has 0 amide bonds. The first kappa shape index (κ1) is 15.2. The zero-order valence-electron chi connectivity index (χ0n) is 12.5. The monoisotopic (exact) mass is 328 g/mol. The van der Waals surface area contributed by atoms with Gasteiger partial charge in [0.1, 0.15) is 11.4 Å². The summed E-state index contributed by atoms with van der Waals surface area (Å²) in [6.45, 7) is 3.16. The fourth-order valence-corrected chi connectivity index (χ4v) is 2.51. The van der Waals surface area contributed by atoms with Gasteiger partial charge in [0.15, 0.2) is 5.75 Å². The van der Waals surface area contributed by atoms with Gasteiger partial charge in [0.05, 0.1) is 5.52 Å². The molecular formula is C17H13ClN2O3. The number of nitrogens with one attached hydrogen (secondary N) is 1. The lowest BCUT2D eigenvalue weighted by Crippen LogP contribution is -2.09. The summed E-state index contributed by atoms with van der Waals surface area (Å²) >= 11 is 5.98. The van der Waals surface area contributed by atoms with E-state index in [1.54, 1.807) is 36.5 Å². The normalized spacial score (nSPS) is 10.7. The first-order chi connectivity index (χ1) is 11.0. The zero-order valence-corrected chi connectivity index (χ0v) is 13.3. The van der Waals surface area contributed by atoms with Crippen LogP contribution in [-0.4, -0.2) is 21.7 Å². The summed E-state index contributed by atoms with van der Waals surface area (Å²) in [6.07, 6.45) is 1.56. The number of rotatable bonds is 3. The van der Waals surface area contributed by atoms with E-state index in [2.05, 4.69) is 9.97 Å². The second-order valence-electron chi connectivity index (χ2n) is 5.16. The molecule has 0 radical (unpaired) electrons. The van der Waals surface area contributed by atoms with Gasteiger partial charge in [-0.2, -0.15) is 0 Å². The molecule has 0 saturated heterocycles. The molecule has 0 aliphatic rings. The third-order valence-corrected chi connectivity index (χ3v) is 3.57. The second-order valence-corrected chi connectivity index (χ2v) is 5.60. The van der Waals surface area contributed by atoms with Crippen molar-refractivity contribution < 1.29 is 14.3 Å². The van der Waals surface area contributed by atoms with Crippen molar-refractivity contribution in [2.24, 2.45) is 0 Å². The van der Waals surface area contributed by atoms with E-state index in [4.69, 9.17) is 16.3 Å². The highest BCUT2D eigenvalue weighted by Gasteiger charge is 2.23. The van der Waals surface area contributed by atoms with Crippen molar-refractivity contribution in [2.75, 3.05) is 0 Å². The van der Waals surface area contributed by atoms with E-state index < -0.39 is 5.97 Å². The number of aryl methyl sites for hydroxylation is 1. The van der Waals surface area contributed by atoms with Crippen LogP contribution in [0.3, 0.4) is 0 Å². The number of fused-ring (bicyclic) bond motifs is 1. The molecule has 0 saturated carbocycles. The summed E-state index contributed by atoms with van der Waals surface area (Å²) in [5.41, 5.74) is 1.98. The van der Waals surface area contributed by atoms with Crippen molar-refractivity contribution in [2.45, 2.75) is 13.8 Å². The molecule has 1 aromatic carbocycles. The van der Waals surface area contributed by atoms with Gasteiger partial charge in [-0.05, 0) is 42.8 Å². The maximum Gasteiger partial charge on any atom is 0.308 e. The lowest BCUT2D eigenvalue weighted by molar-refractivity contribution is -0.131. The lowest BCUT2D eigenvalue weighted by atomic mass is 10.1. The van der Waals surface area contributed by atoms with Crippen LogP contribution in [0.15, 0.2) is 36.5 Å². The van der Waals surface area contributed by atoms with Gasteiger partial charge in [-0.1, -0.05) is 11.6 Å². The predicted molar refractivity (Wildman–Crippen MR) is 87.0 cm³/mol. The van der Waals surface area contributed by atoms with Crippen LogP contribution in [0.25, 0.3) is 10.9 Å². The number of aromatic amines is 1. The highest BCUT2D eigenvalue weighted by Crippen LogP contribution is 2.33. The van der Waals surface area contributed by atoms with Gasteiger partial charge in [-0.3, -0.25) is 14.6 Å². The number of hydrogen-bond donors (Lipinski definition) is 1. The van der Waals surface area contributed by atoms with Crippen LogP contribution in [0, 0.1) is 6.92 Å². The third-order valence-electron chi connectivity index (χ3n) is 3.33. The number of H-pyrrole nitrogens is 1. The van der Waals surface area contributed by atoms with Crippen LogP contribution in [0.4, 0.5) is 0 Å². The Morgan fingerprint density at radius 1 is 1.22 bits per heavy atom. The first-order valence-corrected chi connectivity index (χ1v) is 7.30. The molecule has 23 heavy (non-hydrogen) atoms. The molecule has 3 rings (SSSR count). The van der Waals surface area contributed by atoms with E-state index >= 15 is 0 Å². The Hall–Kier alpha value is -2.66. The van der Waals surface area contributed by atoms with Gasteiger partial charge in [-0.25, -0.2) is 0 Å². The largest absolute Gasteiger partial charge is 0.424 e. The summed E-state index contributed by atoms with van der Waals surface area (Å²) in [6, 6.07) is 8.52. The summed E-state index contributed by atoms with van der Waals surface area (Å²) in [7, 11) is 0. The van der Waals surface area contributed by atoms with Crippen molar-refractivity contribution in [3.63, 3.8) is 0 Å². The number of pyridine rings is 1. The van der Waals surface area contributed by atoms with Crippen molar-refractivity contribution in [1.82, 2.24) is 9.97 Å². The van der Waals surface area contributed by atoms with Crippen LogP contribution < -0.4 is 4.74 Å². The van der Waals surface area contributed by atoms with Crippen LogP contribution in [-0.2, 0) is 4.79 Å². The number of ether oxygens (including phenoxy) is 1. The average Bonchev–Trinajstić information content (AvgIpc) is 2.83. The third kappa shape index (κ3) is 2.96. The SMILES string of the molecule is CC(=O)Oc1c(C(=O)c2cc(C)ccn2)[nH]c2cc(Cl)ccc12. The lowest BCUT2D eigenvalue weighted by Gasteiger charge is -2.04. The predicted octanol–water partition coefficient (Wildman–Crippen LogP) is 3.68. The standard InChI is InChI=1S/C17H13ClN2O3/c1-9-5-6-19-14(7-9)16(22)15-17(23-10(2)21)12-4-3-11(18)8-13(12)20-15/h3-8,20H,1-2H3. The smallest absolute Gasteiger partial charge is 0.308 e. The maximum absolute atomic E-state index is 12.7. The molecule has 5 nitrogen and oxygen atoms in total. The highest BCUT2D eigenvalue weighted by molar-refractivity contribution is 6.31. The fraction of sp³-hybridized carbons (Fsp3) is 0.118. The van der Waals surface area contributed by atoms with Crippen LogP contribution >= 0.6 is 11.6 Å². The minimum absolute atomic E-state index is 0.176. The number of esters is 1. The van der Waals surface area contributed by atoms with Gasteiger partial charge in [0.25, 0.3) is 0 Å². The Labute approximate surface area is 137 Å². The molecule has 116 valence electrons. The molecule has 0 aliphatic carbocycles. The number of benzene rings is 1. The Kier molecular flexibility index (Phi) is 3.88. The average molecular weight is 329 g/mol. The van der Waals surface area contributed by atoms with Gasteiger partial charge in [0.2, 0.25) is 5.78 Å². The van der Waals surface area contributed by atoms with Crippen LogP contribution in [0.1, 0.15) is 28.7 Å². The number of carbonyl (C=O) groups is 2. The highest BCUT2D eigenvalue weighted by atomic mass is 35.5. The Balaban J connectivity index is 2.19. The molecule has 1 N–H and O–H groups in total. The minimum Gasteiger partial charge on any atom is -0.424 e. The summed E-state index contributed by atoms with van der Waals surface area (Å²) in [5.74, 6) is -0.665. The molecule has 3 aromatic rings. The number of hydrogen-bond acceptors (Lipinski definition) is 4. The molecule has 0 spiro atoms. The molecule has 2 heterocycles. The van der Waals surface area contributed by atoms with E-state index in [-0.39, 0.29) is 22.9 Å². The van der Waals surface area contributed by atoms with E-state index in [1.807, 2.05) is 6.92 Å². The van der Waals surface area contributed by atoms with Gasteiger partial charge in [0, 0.05) is 23.5 Å². The first-order valence-electron chi connectivity index (χ1n) is 6.92. The number of ketones is 1. The van der Waals surface area contributed by atoms with Crippen molar-refractivity contribution in [3.8, 4) is 5.75 Å². The van der Waals surface area contributed by atoms with E-state index in [1.165, 1.54) is 6.92 Å². The molecule has 6 heteroatoms. The van der Waals surface area contributed by atoms with E-state index in [9.17, 15) is 9.59 Å². The summed E-state index contributed by atoms with van der Waals surface area (Å²) in [5, 5.41) is 1.13. The molecule has 0 atom stereocenters. The topological polar surface area (TPSA) is 72.1 Å². The summed E-state index contributed by atoms with van der Waals surface area (Å²) in [4.78, 5) is 31.2. The van der Waals surface area contributed by atoms with Crippen molar-refractivity contribution >= 4 is 34.3 Å². The fourth-order valence-electron chi connectivity index (χ4n) is 2.34. The van der Waals surface area contributed by atoms with Crippen LogP contribution in [0.2, 0.25) is 5.02 Å². The second kappa shape index (κ2) is 5.85. The van der Waals surface area contributed by atoms with E-state index in [0.29, 0.717) is 15.9 Å². The number of nitrogens with zero attached hydrogens (tertiary/aromatic N) is 1. The van der Waals surface area contributed by atoms with Crippen LogP contribution in [0.5, 0.6) is 5.75 Å². The number of halogens is 1. The molecule has 0 aliphatic heterocycles. The summed E-state index contributed by atoms with van der Waals surface area (Å²) < 4.78 is 5.25. The molecule has 0 bridgehead atoms. The van der Waals surface area contributed by atoms with Crippen molar-refractivity contribution in [1.29, 1.82) is 0 Å². The molecular weight excluding hydrogens is 316 g/mol. The molecule has 0 fully saturated rings. The van der Waals surface area contributed by atoms with Gasteiger partial charge >= 0.3 is 5.97 Å². The Morgan fingerprint density at radius 3 is 2.70 bits per heavy atom. The zero-order chi connectivity index (χ0) is 16.6. The quantitative estimate of drug-likeness (QED) is 0.588. The molecule has 0 unspecified atom stereocenters. The Morgan fingerprint density at radius 2 is 2.00 bits per heavy atom. The Bertz CT molecular complexity index is 931. The number of carbonyl (C=O) groups excluding carboxylic acids is 2. The maximum atomic E-state index is 12.7.